The quantitative estimate of drug-likeness (QED) is 0.116. The van der Waals surface area contributed by atoms with Crippen molar-refractivity contribution < 1.29 is 38.1 Å². The summed E-state index contributed by atoms with van der Waals surface area (Å²) in [6.07, 6.45) is 21.1. The van der Waals surface area contributed by atoms with Gasteiger partial charge in [0, 0.05) is 12.1 Å². The number of hydrogen-bond acceptors (Lipinski definition) is 2. The number of halogens is 1. The molecule has 1 heterocycles. The zero-order valence-electron chi connectivity index (χ0n) is 24.6. The summed E-state index contributed by atoms with van der Waals surface area (Å²) in [5.41, 5.74) is 2.95. The first kappa shape index (κ1) is 34.4. The molecule has 1 N–H and O–H groups in total. The van der Waals surface area contributed by atoms with Gasteiger partial charge in [-0.15, -0.1) is 0 Å². The van der Waals surface area contributed by atoms with Crippen LogP contribution in [0.5, 0.6) is 5.75 Å². The Morgan fingerprint density at radius 2 is 1.42 bits per heavy atom. The minimum absolute atomic E-state index is 0. The number of nitrogens with one attached hydrogen (secondary N) is 1. The molecule has 1 aromatic heterocycles. The first-order valence-corrected chi connectivity index (χ1v) is 15.1. The van der Waals surface area contributed by atoms with E-state index in [1.54, 1.807) is 0 Å². The van der Waals surface area contributed by atoms with Crippen molar-refractivity contribution in [1.29, 1.82) is 0 Å². The maximum absolute atomic E-state index is 12.8. The number of ether oxygens (including phenoxy) is 1. The summed E-state index contributed by atoms with van der Waals surface area (Å²) in [6, 6.07) is 11.9. The standard InChI is InChI=1S/C33H52N2O2.HI/c1-5-7-8-9-10-11-12-13-14-15-16-17-18-21-26-37-30-23-24-31(28(3)27-30)29(4)34-33(36)32-22-19-20-25-35(32)6-2;/h19-20,22-25,27,29H,5-18,21,26H2,1-4H3;1H. The van der Waals surface area contributed by atoms with E-state index in [0.717, 1.165) is 36.4 Å². The lowest BCUT2D eigenvalue weighted by atomic mass is 10.0. The molecule has 0 aliphatic heterocycles. The van der Waals surface area contributed by atoms with Gasteiger partial charge < -0.3 is 34.0 Å². The zero-order chi connectivity index (χ0) is 26.7. The summed E-state index contributed by atoms with van der Waals surface area (Å²) in [5, 5.41) is 3.15. The van der Waals surface area contributed by atoms with Crippen molar-refractivity contribution in [2.75, 3.05) is 6.61 Å². The highest BCUT2D eigenvalue weighted by Gasteiger charge is 2.20. The number of aromatic nitrogens is 1. The summed E-state index contributed by atoms with van der Waals surface area (Å²) in [7, 11) is 0. The highest BCUT2D eigenvalue weighted by Crippen LogP contribution is 2.23. The first-order valence-electron chi connectivity index (χ1n) is 15.1. The fraction of sp³-hybridized carbons (Fsp3) is 0.636. The van der Waals surface area contributed by atoms with Crippen molar-refractivity contribution >= 4 is 5.91 Å². The molecule has 5 heteroatoms. The van der Waals surface area contributed by atoms with Gasteiger partial charge in [-0.1, -0.05) is 96.5 Å². The van der Waals surface area contributed by atoms with Gasteiger partial charge in [0.1, 0.15) is 12.3 Å². The van der Waals surface area contributed by atoms with Gasteiger partial charge in [-0.25, -0.2) is 0 Å². The number of benzene rings is 1. The lowest BCUT2D eigenvalue weighted by Crippen LogP contribution is -3.00. The Kier molecular flexibility index (Phi) is 19.2. The van der Waals surface area contributed by atoms with E-state index >= 15 is 0 Å². The number of aryl methyl sites for hydroxylation is 2. The third kappa shape index (κ3) is 13.4. The lowest BCUT2D eigenvalue weighted by Gasteiger charge is -2.17. The van der Waals surface area contributed by atoms with E-state index in [4.69, 9.17) is 4.74 Å². The van der Waals surface area contributed by atoms with Gasteiger partial charge in [0.25, 0.3) is 5.69 Å². The predicted octanol–water partition coefficient (Wildman–Crippen LogP) is 5.66. The number of rotatable bonds is 20. The Bertz CT molecular complexity index is 902. The van der Waals surface area contributed by atoms with Crippen LogP contribution in [-0.2, 0) is 6.54 Å². The number of pyridine rings is 1. The number of hydrogen-bond donors (Lipinski definition) is 1. The fourth-order valence-corrected chi connectivity index (χ4v) is 5.02. The van der Waals surface area contributed by atoms with Crippen LogP contribution < -0.4 is 38.6 Å². The van der Waals surface area contributed by atoms with Crippen LogP contribution in [0.4, 0.5) is 0 Å². The molecule has 0 saturated carbocycles. The molecule has 1 atom stereocenters. The van der Waals surface area contributed by atoms with E-state index in [9.17, 15) is 4.79 Å². The van der Waals surface area contributed by atoms with Crippen molar-refractivity contribution in [2.24, 2.45) is 0 Å². The van der Waals surface area contributed by atoms with Crippen molar-refractivity contribution in [3.8, 4) is 5.75 Å². The average molecular weight is 637 g/mol. The number of carbonyl (C=O) groups is 1. The molecule has 214 valence electrons. The van der Waals surface area contributed by atoms with Crippen LogP contribution in [0.2, 0.25) is 0 Å². The van der Waals surface area contributed by atoms with Gasteiger partial charge in [-0.3, -0.25) is 4.79 Å². The summed E-state index contributed by atoms with van der Waals surface area (Å²) in [5.74, 6) is 0.869. The molecule has 0 aliphatic rings. The van der Waals surface area contributed by atoms with Crippen LogP contribution in [0.1, 0.15) is 138 Å². The molecule has 2 rings (SSSR count). The maximum Gasteiger partial charge on any atom is 0.316 e. The van der Waals surface area contributed by atoms with Crippen LogP contribution in [0, 0.1) is 6.92 Å². The Morgan fingerprint density at radius 3 is 1.97 bits per heavy atom. The highest BCUT2D eigenvalue weighted by molar-refractivity contribution is 5.91. The highest BCUT2D eigenvalue weighted by atomic mass is 127. The van der Waals surface area contributed by atoms with Gasteiger partial charge in [0.05, 0.1) is 12.6 Å². The molecule has 0 radical (unpaired) electrons. The first-order chi connectivity index (χ1) is 18.1. The molecular formula is C33H53IN2O2. The Balaban J connectivity index is 0.00000722. The van der Waals surface area contributed by atoms with Crippen LogP contribution in [0.15, 0.2) is 42.6 Å². The monoisotopic (exact) mass is 636 g/mol. The van der Waals surface area contributed by atoms with Crippen molar-refractivity contribution in [2.45, 2.75) is 130 Å². The zero-order valence-corrected chi connectivity index (χ0v) is 26.7. The van der Waals surface area contributed by atoms with E-state index < -0.39 is 0 Å². The van der Waals surface area contributed by atoms with E-state index in [-0.39, 0.29) is 35.9 Å². The molecule has 1 unspecified atom stereocenters. The smallest absolute Gasteiger partial charge is 0.316 e. The van der Waals surface area contributed by atoms with Gasteiger partial charge in [-0.05, 0) is 56.5 Å². The summed E-state index contributed by atoms with van der Waals surface area (Å²) >= 11 is 0. The topological polar surface area (TPSA) is 42.2 Å². The van der Waals surface area contributed by atoms with E-state index in [0.29, 0.717) is 5.69 Å². The number of amides is 1. The SMILES string of the molecule is CCCCCCCCCCCCCCCCOc1ccc(C(C)NC(=O)c2cccc[n+]2CC)c(C)c1.[I-]. The fourth-order valence-electron chi connectivity index (χ4n) is 5.02. The molecule has 0 aliphatic carbocycles. The third-order valence-electron chi connectivity index (χ3n) is 7.34. The largest absolute Gasteiger partial charge is 1.00 e. The van der Waals surface area contributed by atoms with E-state index in [1.807, 2.05) is 48.9 Å². The van der Waals surface area contributed by atoms with Crippen LogP contribution in [0.3, 0.4) is 0 Å². The van der Waals surface area contributed by atoms with Crippen LogP contribution in [0.25, 0.3) is 0 Å². The summed E-state index contributed by atoms with van der Waals surface area (Å²) < 4.78 is 7.98. The average Bonchev–Trinajstić information content (AvgIpc) is 2.90. The molecule has 0 fully saturated rings. The molecule has 0 saturated heterocycles. The molecule has 1 amide bonds. The summed E-state index contributed by atoms with van der Waals surface area (Å²) in [4.78, 5) is 12.8. The predicted molar refractivity (Wildman–Crippen MR) is 155 cm³/mol. The van der Waals surface area contributed by atoms with Gasteiger partial charge in [-0.2, -0.15) is 4.57 Å². The Morgan fingerprint density at radius 1 is 0.842 bits per heavy atom. The Hall–Kier alpha value is -1.63. The van der Waals surface area contributed by atoms with Crippen molar-refractivity contribution in [1.82, 2.24) is 5.32 Å². The second-order valence-corrected chi connectivity index (χ2v) is 10.5. The molecule has 0 bridgehead atoms. The minimum Gasteiger partial charge on any atom is -1.00 e. The second kappa shape index (κ2) is 21.2. The molecule has 1 aromatic carbocycles. The number of carbonyl (C=O) groups excluding carboxylic acids is 1. The molecular weight excluding hydrogens is 583 g/mol. The normalized spacial score (nSPS) is 11.6. The molecule has 4 nitrogen and oxygen atoms in total. The molecule has 0 spiro atoms. The number of unbranched alkanes of at least 4 members (excludes halogenated alkanes) is 13. The second-order valence-electron chi connectivity index (χ2n) is 10.5. The Labute approximate surface area is 250 Å². The van der Waals surface area contributed by atoms with Crippen molar-refractivity contribution in [3.63, 3.8) is 0 Å². The van der Waals surface area contributed by atoms with Crippen LogP contribution in [-0.4, -0.2) is 12.5 Å². The molecule has 38 heavy (non-hydrogen) atoms. The molecule has 2 aromatic rings. The van der Waals surface area contributed by atoms with E-state index in [1.165, 1.54) is 83.5 Å². The van der Waals surface area contributed by atoms with Crippen molar-refractivity contribution in [3.05, 3.63) is 59.4 Å². The third-order valence-corrected chi connectivity index (χ3v) is 7.34. The summed E-state index contributed by atoms with van der Waals surface area (Å²) in [6.45, 7) is 9.99. The number of nitrogens with zero attached hydrogens (tertiary/aromatic N) is 1. The maximum atomic E-state index is 12.8. The van der Waals surface area contributed by atoms with Gasteiger partial charge in [0.2, 0.25) is 0 Å². The van der Waals surface area contributed by atoms with E-state index in [2.05, 4.69) is 31.3 Å². The minimum atomic E-state index is -0.0714. The van der Waals surface area contributed by atoms with Gasteiger partial charge >= 0.3 is 5.91 Å². The van der Waals surface area contributed by atoms with Gasteiger partial charge in [0.15, 0.2) is 6.20 Å². The lowest BCUT2D eigenvalue weighted by molar-refractivity contribution is -0.695. The van der Waals surface area contributed by atoms with Crippen LogP contribution >= 0.6 is 0 Å².